The monoisotopic (exact) mass is 420 g/mol. The molecule has 0 unspecified atom stereocenters. The van der Waals surface area contributed by atoms with Crippen LogP contribution in [0.4, 0.5) is 0 Å². The van der Waals surface area contributed by atoms with Gasteiger partial charge in [-0.05, 0) is 24.6 Å². The van der Waals surface area contributed by atoms with Crippen LogP contribution in [0.5, 0.6) is 0 Å². The number of nitrogens with one attached hydrogen (secondary N) is 3. The molecule has 0 spiro atoms. The topological polar surface area (TPSA) is 74.8 Å². The number of methoxy groups -OCH3 is 1. The van der Waals surface area contributed by atoms with Crippen molar-refractivity contribution in [1.29, 1.82) is 0 Å². The van der Waals surface area contributed by atoms with Gasteiger partial charge in [0.25, 0.3) is 5.91 Å². The molecule has 7 heteroatoms. The second kappa shape index (κ2) is 12.2. The summed E-state index contributed by atoms with van der Waals surface area (Å²) in [6.07, 6.45) is 0. The van der Waals surface area contributed by atoms with Gasteiger partial charge in [0.15, 0.2) is 5.96 Å². The molecule has 0 fully saturated rings. The Morgan fingerprint density at radius 2 is 2.05 bits per heavy atom. The van der Waals surface area contributed by atoms with Crippen LogP contribution in [-0.2, 0) is 11.3 Å². The number of rotatable bonds is 7. The second-order valence-corrected chi connectivity index (χ2v) is 4.41. The molecule has 0 aliphatic rings. The van der Waals surface area contributed by atoms with Crippen molar-refractivity contribution in [2.24, 2.45) is 4.99 Å². The zero-order valence-corrected chi connectivity index (χ0v) is 15.6. The first-order valence-electron chi connectivity index (χ1n) is 7.01. The molecule has 0 atom stereocenters. The molecule has 124 valence electrons. The van der Waals surface area contributed by atoms with Gasteiger partial charge in [0.2, 0.25) is 0 Å². The van der Waals surface area contributed by atoms with Crippen molar-refractivity contribution in [3.05, 3.63) is 35.4 Å². The Bertz CT molecular complexity index is 480. The van der Waals surface area contributed by atoms with Crippen molar-refractivity contribution in [3.8, 4) is 0 Å². The Kier molecular flexibility index (Phi) is 11.5. The first-order chi connectivity index (χ1) is 10.2. The van der Waals surface area contributed by atoms with Gasteiger partial charge in [-0.3, -0.25) is 9.79 Å². The number of halogens is 1. The number of carbonyl (C=O) groups is 1. The van der Waals surface area contributed by atoms with Gasteiger partial charge in [-0.2, -0.15) is 0 Å². The van der Waals surface area contributed by atoms with E-state index in [1.807, 2.05) is 25.1 Å². The number of nitrogens with zero attached hydrogens (tertiary/aromatic N) is 1. The lowest BCUT2D eigenvalue weighted by atomic mass is 10.1. The Balaban J connectivity index is 0.00000441. The number of carbonyl (C=O) groups excluding carboxylic acids is 1. The second-order valence-electron chi connectivity index (χ2n) is 4.41. The Morgan fingerprint density at radius 1 is 1.27 bits per heavy atom. The molecule has 3 N–H and O–H groups in total. The first-order valence-corrected chi connectivity index (χ1v) is 7.01. The highest BCUT2D eigenvalue weighted by atomic mass is 127. The van der Waals surface area contributed by atoms with Crippen LogP contribution < -0.4 is 16.0 Å². The van der Waals surface area contributed by atoms with E-state index in [-0.39, 0.29) is 29.9 Å². The lowest BCUT2D eigenvalue weighted by Crippen LogP contribution is -2.38. The largest absolute Gasteiger partial charge is 0.383 e. The van der Waals surface area contributed by atoms with Gasteiger partial charge in [-0.1, -0.05) is 12.1 Å². The molecular weight excluding hydrogens is 395 g/mol. The molecule has 1 amide bonds. The summed E-state index contributed by atoms with van der Waals surface area (Å²) in [6.45, 7) is 4.43. The number of aliphatic imine (C=N–C) groups is 1. The van der Waals surface area contributed by atoms with Gasteiger partial charge >= 0.3 is 0 Å². The van der Waals surface area contributed by atoms with Crippen LogP contribution in [0.3, 0.4) is 0 Å². The number of amides is 1. The summed E-state index contributed by atoms with van der Waals surface area (Å²) in [5, 5.41) is 9.12. The lowest BCUT2D eigenvalue weighted by molar-refractivity contribution is 0.0955. The first kappa shape index (κ1) is 20.6. The summed E-state index contributed by atoms with van der Waals surface area (Å²) in [6, 6.07) is 7.53. The third kappa shape index (κ3) is 7.60. The number of guanidine groups is 1. The van der Waals surface area contributed by atoms with Crippen molar-refractivity contribution >= 4 is 35.8 Å². The highest BCUT2D eigenvalue weighted by Gasteiger charge is 2.05. The number of benzene rings is 1. The summed E-state index contributed by atoms with van der Waals surface area (Å²) in [7, 11) is 3.37. The van der Waals surface area contributed by atoms with E-state index in [1.165, 1.54) is 0 Å². The average molecular weight is 420 g/mol. The van der Waals surface area contributed by atoms with Crippen LogP contribution >= 0.6 is 24.0 Å². The maximum absolute atomic E-state index is 11.8. The van der Waals surface area contributed by atoms with Gasteiger partial charge in [0, 0.05) is 39.4 Å². The van der Waals surface area contributed by atoms with Crippen molar-refractivity contribution < 1.29 is 9.53 Å². The van der Waals surface area contributed by atoms with Crippen LogP contribution in [0.25, 0.3) is 0 Å². The third-order valence-corrected chi connectivity index (χ3v) is 2.81. The molecule has 0 aliphatic carbocycles. The van der Waals surface area contributed by atoms with E-state index in [1.54, 1.807) is 20.2 Å². The molecule has 1 rings (SSSR count). The van der Waals surface area contributed by atoms with E-state index in [9.17, 15) is 4.79 Å². The molecule has 1 aromatic rings. The minimum absolute atomic E-state index is 0. The average Bonchev–Trinajstić information content (AvgIpc) is 2.51. The van der Waals surface area contributed by atoms with Gasteiger partial charge < -0.3 is 20.7 Å². The zero-order valence-electron chi connectivity index (χ0n) is 13.3. The van der Waals surface area contributed by atoms with Gasteiger partial charge in [0.1, 0.15) is 0 Å². The normalized spacial score (nSPS) is 10.6. The maximum atomic E-state index is 11.8. The highest BCUT2D eigenvalue weighted by Crippen LogP contribution is 2.05. The predicted octanol–water partition coefficient (Wildman–Crippen LogP) is 1.37. The molecule has 6 nitrogen and oxygen atoms in total. The van der Waals surface area contributed by atoms with E-state index in [4.69, 9.17) is 4.74 Å². The van der Waals surface area contributed by atoms with Crippen LogP contribution in [0, 0.1) is 0 Å². The number of hydrogen-bond donors (Lipinski definition) is 3. The van der Waals surface area contributed by atoms with Crippen LogP contribution in [0.1, 0.15) is 22.8 Å². The fourth-order valence-corrected chi connectivity index (χ4v) is 1.76. The van der Waals surface area contributed by atoms with Gasteiger partial charge in [-0.15, -0.1) is 24.0 Å². The summed E-state index contributed by atoms with van der Waals surface area (Å²) < 4.78 is 4.97. The van der Waals surface area contributed by atoms with Crippen LogP contribution in [0.15, 0.2) is 29.3 Å². The fraction of sp³-hybridized carbons (Fsp3) is 0.467. The molecule has 1 aromatic carbocycles. The Labute approximate surface area is 149 Å². The minimum Gasteiger partial charge on any atom is -0.383 e. The summed E-state index contributed by atoms with van der Waals surface area (Å²) in [4.78, 5) is 15.9. The molecule has 0 saturated carbocycles. The molecule has 22 heavy (non-hydrogen) atoms. The summed E-state index contributed by atoms with van der Waals surface area (Å²) >= 11 is 0. The van der Waals surface area contributed by atoms with Crippen LogP contribution in [-0.4, -0.2) is 45.7 Å². The number of hydrogen-bond acceptors (Lipinski definition) is 3. The van der Waals surface area contributed by atoms with E-state index in [0.717, 1.165) is 5.56 Å². The molecule has 0 bridgehead atoms. The van der Waals surface area contributed by atoms with E-state index in [0.29, 0.717) is 37.8 Å². The van der Waals surface area contributed by atoms with E-state index in [2.05, 4.69) is 20.9 Å². The minimum atomic E-state index is -0.0537. The standard InChI is InChI=1S/C15H24N4O2.HI/c1-4-17-14(20)13-7-5-6-12(10-13)11-19-15(16-2)18-8-9-21-3;/h5-7,10H,4,8-9,11H2,1-3H3,(H,17,20)(H2,16,18,19);1H. The van der Waals surface area contributed by atoms with Crippen molar-refractivity contribution in [2.75, 3.05) is 33.9 Å². The van der Waals surface area contributed by atoms with E-state index >= 15 is 0 Å². The SMILES string of the molecule is CCNC(=O)c1cccc(CNC(=NC)NCCOC)c1.I. The van der Waals surface area contributed by atoms with Crippen LogP contribution in [0.2, 0.25) is 0 Å². The Morgan fingerprint density at radius 3 is 2.68 bits per heavy atom. The smallest absolute Gasteiger partial charge is 0.251 e. The maximum Gasteiger partial charge on any atom is 0.251 e. The quantitative estimate of drug-likeness (QED) is 0.270. The van der Waals surface area contributed by atoms with Crippen molar-refractivity contribution in [2.45, 2.75) is 13.5 Å². The zero-order chi connectivity index (χ0) is 15.5. The molecule has 0 radical (unpaired) electrons. The molecule has 0 heterocycles. The van der Waals surface area contributed by atoms with Gasteiger partial charge in [-0.25, -0.2) is 0 Å². The lowest BCUT2D eigenvalue weighted by Gasteiger charge is -2.12. The van der Waals surface area contributed by atoms with Crippen molar-refractivity contribution in [1.82, 2.24) is 16.0 Å². The molecule has 0 saturated heterocycles. The van der Waals surface area contributed by atoms with E-state index < -0.39 is 0 Å². The van der Waals surface area contributed by atoms with Crippen molar-refractivity contribution in [3.63, 3.8) is 0 Å². The summed E-state index contributed by atoms with van der Waals surface area (Å²) in [5.74, 6) is 0.650. The molecule has 0 aromatic heterocycles. The third-order valence-electron chi connectivity index (χ3n) is 2.81. The Hall–Kier alpha value is -1.35. The summed E-state index contributed by atoms with van der Waals surface area (Å²) in [5.41, 5.74) is 1.69. The fourth-order valence-electron chi connectivity index (χ4n) is 1.76. The highest BCUT2D eigenvalue weighted by molar-refractivity contribution is 14.0. The van der Waals surface area contributed by atoms with Gasteiger partial charge in [0.05, 0.1) is 6.61 Å². The molecular formula is C15H25IN4O2. The predicted molar refractivity (Wildman–Crippen MR) is 99.9 cm³/mol. The molecule has 0 aliphatic heterocycles. The number of ether oxygens (including phenoxy) is 1.